The molecule has 1 aromatic rings. The van der Waals surface area contributed by atoms with Crippen molar-refractivity contribution in [3.63, 3.8) is 0 Å². The van der Waals surface area contributed by atoms with E-state index in [4.69, 9.17) is 10.5 Å². The number of nitrogens with zero attached hydrogens (tertiary/aromatic N) is 1. The van der Waals surface area contributed by atoms with Crippen molar-refractivity contribution in [2.75, 3.05) is 0 Å². The number of thiazole rings is 1. The third-order valence-corrected chi connectivity index (χ3v) is 4.07. The highest BCUT2D eigenvalue weighted by atomic mass is 32.1. The molecule has 96 valence electrons. The summed E-state index contributed by atoms with van der Waals surface area (Å²) in [7, 11) is 0. The molecule has 1 heterocycles. The van der Waals surface area contributed by atoms with Crippen LogP contribution < -0.4 is 5.73 Å². The zero-order valence-corrected chi connectivity index (χ0v) is 11.7. The van der Waals surface area contributed by atoms with E-state index in [1.807, 2.05) is 0 Å². The Morgan fingerprint density at radius 3 is 2.76 bits per heavy atom. The molecule has 1 aliphatic carbocycles. The predicted octanol–water partition coefficient (Wildman–Crippen LogP) is 2.84. The number of ether oxygens (including phenoxy) is 1. The molecular weight excluding hydrogens is 232 g/mol. The van der Waals surface area contributed by atoms with Gasteiger partial charge in [0, 0.05) is 16.8 Å². The zero-order chi connectivity index (χ0) is 12.5. The molecular formula is C13H22N2OS. The molecule has 2 atom stereocenters. The topological polar surface area (TPSA) is 48.1 Å². The van der Waals surface area contributed by atoms with Crippen molar-refractivity contribution in [2.24, 2.45) is 5.73 Å². The van der Waals surface area contributed by atoms with E-state index in [2.05, 4.69) is 31.1 Å². The van der Waals surface area contributed by atoms with Crippen LogP contribution in [-0.2, 0) is 16.8 Å². The summed E-state index contributed by atoms with van der Waals surface area (Å²) in [4.78, 5) is 4.62. The van der Waals surface area contributed by atoms with Crippen molar-refractivity contribution in [3.05, 3.63) is 16.1 Å². The van der Waals surface area contributed by atoms with Crippen molar-refractivity contribution in [3.8, 4) is 0 Å². The summed E-state index contributed by atoms with van der Waals surface area (Å²) in [5, 5.41) is 3.20. The first-order chi connectivity index (χ1) is 7.97. The van der Waals surface area contributed by atoms with Crippen LogP contribution in [0.25, 0.3) is 0 Å². The van der Waals surface area contributed by atoms with Crippen LogP contribution in [0.2, 0.25) is 0 Å². The molecule has 2 rings (SSSR count). The molecule has 0 aromatic carbocycles. The van der Waals surface area contributed by atoms with E-state index < -0.39 is 0 Å². The van der Waals surface area contributed by atoms with Crippen LogP contribution in [-0.4, -0.2) is 17.1 Å². The summed E-state index contributed by atoms with van der Waals surface area (Å²) >= 11 is 1.68. The van der Waals surface area contributed by atoms with Gasteiger partial charge in [0.15, 0.2) is 0 Å². The van der Waals surface area contributed by atoms with Gasteiger partial charge in [-0.25, -0.2) is 4.98 Å². The number of nitrogens with two attached hydrogens (primary N) is 1. The average molecular weight is 254 g/mol. The highest BCUT2D eigenvalue weighted by Crippen LogP contribution is 2.26. The third kappa shape index (κ3) is 3.27. The molecule has 0 saturated heterocycles. The molecule has 0 spiro atoms. The van der Waals surface area contributed by atoms with Gasteiger partial charge in [0.1, 0.15) is 5.01 Å². The second kappa shape index (κ2) is 5.04. The van der Waals surface area contributed by atoms with Crippen LogP contribution in [0.3, 0.4) is 0 Å². The Balaban J connectivity index is 1.89. The van der Waals surface area contributed by atoms with Crippen molar-refractivity contribution < 1.29 is 4.74 Å². The van der Waals surface area contributed by atoms with E-state index in [-0.39, 0.29) is 17.6 Å². The summed E-state index contributed by atoms with van der Waals surface area (Å²) in [6.45, 7) is 7.15. The first-order valence-corrected chi connectivity index (χ1v) is 7.17. The predicted molar refractivity (Wildman–Crippen MR) is 71.2 cm³/mol. The zero-order valence-electron chi connectivity index (χ0n) is 10.9. The maximum absolute atomic E-state index is 5.98. The maximum atomic E-state index is 5.98. The molecule has 3 nitrogen and oxygen atoms in total. The molecule has 1 fully saturated rings. The molecule has 0 aliphatic heterocycles. The van der Waals surface area contributed by atoms with Crippen LogP contribution in [0.4, 0.5) is 0 Å². The Morgan fingerprint density at radius 1 is 1.47 bits per heavy atom. The number of hydrogen-bond donors (Lipinski definition) is 1. The lowest BCUT2D eigenvalue weighted by Crippen LogP contribution is -2.31. The van der Waals surface area contributed by atoms with E-state index in [0.29, 0.717) is 6.61 Å². The molecule has 4 heteroatoms. The lowest BCUT2D eigenvalue weighted by atomic mass is 9.93. The van der Waals surface area contributed by atoms with Gasteiger partial charge < -0.3 is 10.5 Å². The first kappa shape index (κ1) is 13.0. The van der Waals surface area contributed by atoms with Crippen molar-refractivity contribution in [2.45, 2.75) is 64.2 Å². The van der Waals surface area contributed by atoms with E-state index in [9.17, 15) is 0 Å². The molecule has 17 heavy (non-hydrogen) atoms. The molecule has 2 unspecified atom stereocenters. The number of aromatic nitrogens is 1. The second-order valence-corrected chi connectivity index (χ2v) is 6.76. The van der Waals surface area contributed by atoms with Gasteiger partial charge in [0.25, 0.3) is 0 Å². The highest BCUT2D eigenvalue weighted by Gasteiger charge is 2.25. The molecule has 0 amide bonds. The summed E-state index contributed by atoms with van der Waals surface area (Å²) < 4.78 is 5.85. The van der Waals surface area contributed by atoms with Crippen LogP contribution in [0, 0.1) is 0 Å². The summed E-state index contributed by atoms with van der Waals surface area (Å²) in [6, 6.07) is 0.219. The summed E-state index contributed by atoms with van der Waals surface area (Å²) in [5.74, 6) is 0. The van der Waals surface area contributed by atoms with Gasteiger partial charge in [-0.3, -0.25) is 0 Å². The fourth-order valence-corrected chi connectivity index (χ4v) is 3.00. The van der Waals surface area contributed by atoms with Crippen LogP contribution in [0.5, 0.6) is 0 Å². The number of hydrogen-bond acceptors (Lipinski definition) is 4. The fourth-order valence-electron chi connectivity index (χ4n) is 2.06. The van der Waals surface area contributed by atoms with E-state index in [0.717, 1.165) is 23.5 Å². The summed E-state index contributed by atoms with van der Waals surface area (Å²) in [6.07, 6.45) is 3.61. The molecule has 1 saturated carbocycles. The minimum Gasteiger partial charge on any atom is -0.369 e. The Hall–Kier alpha value is -0.450. The smallest absolute Gasteiger partial charge is 0.119 e. The van der Waals surface area contributed by atoms with Crippen molar-refractivity contribution >= 4 is 11.3 Å². The lowest BCUT2D eigenvalue weighted by Gasteiger charge is -2.16. The quantitative estimate of drug-likeness (QED) is 0.902. The van der Waals surface area contributed by atoms with E-state index in [1.54, 1.807) is 11.3 Å². The van der Waals surface area contributed by atoms with Crippen LogP contribution in [0.15, 0.2) is 5.38 Å². The second-order valence-electron chi connectivity index (χ2n) is 5.82. The lowest BCUT2D eigenvalue weighted by molar-refractivity contribution is 0.0355. The maximum Gasteiger partial charge on any atom is 0.119 e. The molecule has 2 N–H and O–H groups in total. The molecule has 1 aliphatic rings. The minimum atomic E-state index is 0.124. The van der Waals surface area contributed by atoms with Gasteiger partial charge in [-0.2, -0.15) is 0 Å². The highest BCUT2D eigenvalue weighted by molar-refractivity contribution is 7.09. The SMILES string of the molecule is CC(C)(C)c1csc(COC2CCCC2N)n1. The Kier molecular flexibility index (Phi) is 3.85. The van der Waals surface area contributed by atoms with Gasteiger partial charge in [-0.1, -0.05) is 20.8 Å². The number of rotatable bonds is 3. The van der Waals surface area contributed by atoms with Gasteiger partial charge in [0.05, 0.1) is 18.4 Å². The molecule has 0 bridgehead atoms. The average Bonchev–Trinajstić information content (AvgIpc) is 2.82. The van der Waals surface area contributed by atoms with Crippen molar-refractivity contribution in [1.29, 1.82) is 0 Å². The van der Waals surface area contributed by atoms with Gasteiger partial charge in [-0.05, 0) is 19.3 Å². The van der Waals surface area contributed by atoms with Crippen molar-refractivity contribution in [1.82, 2.24) is 4.98 Å². The van der Waals surface area contributed by atoms with E-state index >= 15 is 0 Å². The molecule has 1 aromatic heterocycles. The molecule has 0 radical (unpaired) electrons. The fraction of sp³-hybridized carbons (Fsp3) is 0.769. The monoisotopic (exact) mass is 254 g/mol. The Bertz CT molecular complexity index is 370. The summed E-state index contributed by atoms with van der Waals surface area (Å²) in [5.41, 5.74) is 7.25. The standard InChI is InChI=1S/C13H22N2OS/c1-13(2,3)11-8-17-12(15-11)7-16-10-6-4-5-9(10)14/h8-10H,4-7,14H2,1-3H3. The van der Waals surface area contributed by atoms with Gasteiger partial charge in [-0.15, -0.1) is 11.3 Å². The largest absolute Gasteiger partial charge is 0.369 e. The van der Waals surface area contributed by atoms with Crippen LogP contribution in [0.1, 0.15) is 50.7 Å². The van der Waals surface area contributed by atoms with E-state index in [1.165, 1.54) is 6.42 Å². The minimum absolute atomic E-state index is 0.124. The van der Waals surface area contributed by atoms with Crippen LogP contribution >= 0.6 is 11.3 Å². The van der Waals surface area contributed by atoms with Gasteiger partial charge in [0.2, 0.25) is 0 Å². The first-order valence-electron chi connectivity index (χ1n) is 6.29. The Labute approximate surface area is 107 Å². The third-order valence-electron chi connectivity index (χ3n) is 3.24. The Morgan fingerprint density at radius 2 is 2.24 bits per heavy atom. The van der Waals surface area contributed by atoms with Gasteiger partial charge >= 0.3 is 0 Å². The normalized spacial score (nSPS) is 25.4.